The standard InChI is InChI=1S/C23H19N3O4/c1-13-10-11-18(14(2)12-13)25-19-9-5-8-17(19)20(24-25)23(29)30-26-21(27)15-6-3-4-7-16(15)22(26)28/h3-4,6-7,10-12H,5,8-9H2,1-2H3. The van der Waals surface area contributed by atoms with E-state index in [-0.39, 0.29) is 16.8 Å². The predicted octanol–water partition coefficient (Wildman–Crippen LogP) is 3.35. The van der Waals surface area contributed by atoms with Gasteiger partial charge in [-0.2, -0.15) is 5.10 Å². The van der Waals surface area contributed by atoms with Crippen LogP contribution in [-0.2, 0) is 17.7 Å². The van der Waals surface area contributed by atoms with Crippen molar-refractivity contribution in [3.8, 4) is 5.69 Å². The molecule has 0 unspecified atom stereocenters. The summed E-state index contributed by atoms with van der Waals surface area (Å²) in [6.07, 6.45) is 2.41. The van der Waals surface area contributed by atoms with Gasteiger partial charge in [0.05, 0.1) is 16.8 Å². The van der Waals surface area contributed by atoms with E-state index in [1.165, 1.54) is 12.1 Å². The van der Waals surface area contributed by atoms with Crippen LogP contribution in [0.3, 0.4) is 0 Å². The van der Waals surface area contributed by atoms with Crippen molar-refractivity contribution in [1.82, 2.24) is 14.8 Å². The Kier molecular flexibility index (Phi) is 4.06. The Morgan fingerprint density at radius 3 is 2.37 bits per heavy atom. The van der Waals surface area contributed by atoms with Gasteiger partial charge in [0.25, 0.3) is 11.8 Å². The van der Waals surface area contributed by atoms with Gasteiger partial charge in [0.15, 0.2) is 5.69 Å². The molecule has 1 aromatic heterocycles. The van der Waals surface area contributed by atoms with Gasteiger partial charge in [-0.05, 0) is 56.9 Å². The Hall–Kier alpha value is -3.74. The molecule has 1 aliphatic heterocycles. The first-order valence-electron chi connectivity index (χ1n) is 9.84. The molecule has 0 N–H and O–H groups in total. The van der Waals surface area contributed by atoms with Gasteiger partial charge in [-0.1, -0.05) is 34.9 Å². The molecule has 2 aliphatic rings. The Balaban J connectivity index is 1.49. The van der Waals surface area contributed by atoms with Crippen molar-refractivity contribution in [2.75, 3.05) is 0 Å². The zero-order chi connectivity index (χ0) is 21.0. The monoisotopic (exact) mass is 401 g/mol. The largest absolute Gasteiger partial charge is 0.384 e. The van der Waals surface area contributed by atoms with Gasteiger partial charge < -0.3 is 4.84 Å². The van der Waals surface area contributed by atoms with E-state index in [1.54, 1.807) is 16.8 Å². The smallest absolute Gasteiger partial charge is 0.322 e. The molecule has 30 heavy (non-hydrogen) atoms. The van der Waals surface area contributed by atoms with Gasteiger partial charge in [-0.15, -0.1) is 0 Å². The number of imide groups is 1. The topological polar surface area (TPSA) is 81.5 Å². The zero-order valence-electron chi connectivity index (χ0n) is 16.6. The number of hydroxylamine groups is 2. The molecule has 0 bridgehead atoms. The third-order valence-corrected chi connectivity index (χ3v) is 5.64. The summed E-state index contributed by atoms with van der Waals surface area (Å²) in [5.41, 5.74) is 5.48. The number of nitrogens with zero attached hydrogens (tertiary/aromatic N) is 3. The molecule has 1 aliphatic carbocycles. The highest BCUT2D eigenvalue weighted by Gasteiger charge is 2.40. The molecule has 7 nitrogen and oxygen atoms in total. The summed E-state index contributed by atoms with van der Waals surface area (Å²) in [5, 5.41) is 5.06. The van der Waals surface area contributed by atoms with Crippen molar-refractivity contribution in [3.63, 3.8) is 0 Å². The van der Waals surface area contributed by atoms with E-state index in [2.05, 4.69) is 11.2 Å². The third-order valence-electron chi connectivity index (χ3n) is 5.64. The summed E-state index contributed by atoms with van der Waals surface area (Å²) in [6.45, 7) is 4.03. The fraction of sp³-hybridized carbons (Fsp3) is 0.217. The highest BCUT2D eigenvalue weighted by molar-refractivity contribution is 6.21. The average Bonchev–Trinajstić information content (AvgIpc) is 3.39. The van der Waals surface area contributed by atoms with Crippen molar-refractivity contribution < 1.29 is 19.2 Å². The van der Waals surface area contributed by atoms with E-state index in [4.69, 9.17) is 4.84 Å². The third kappa shape index (κ3) is 2.66. The maximum absolute atomic E-state index is 12.9. The van der Waals surface area contributed by atoms with Crippen LogP contribution >= 0.6 is 0 Å². The molecule has 0 spiro atoms. The molecule has 0 saturated carbocycles. The second kappa shape index (κ2) is 6.66. The molecule has 5 rings (SSSR count). The lowest BCUT2D eigenvalue weighted by atomic mass is 10.1. The van der Waals surface area contributed by atoms with Crippen molar-refractivity contribution in [1.29, 1.82) is 0 Å². The lowest BCUT2D eigenvalue weighted by molar-refractivity contribution is -0.0589. The van der Waals surface area contributed by atoms with E-state index in [0.717, 1.165) is 40.9 Å². The predicted molar refractivity (Wildman–Crippen MR) is 107 cm³/mol. The number of carbonyl (C=O) groups is 3. The average molecular weight is 401 g/mol. The first kappa shape index (κ1) is 18.3. The summed E-state index contributed by atoms with van der Waals surface area (Å²) in [7, 11) is 0. The molecule has 150 valence electrons. The second-order valence-electron chi connectivity index (χ2n) is 7.66. The Labute approximate surface area is 172 Å². The summed E-state index contributed by atoms with van der Waals surface area (Å²) < 4.78 is 1.79. The lowest BCUT2D eigenvalue weighted by Crippen LogP contribution is -2.33. The molecular formula is C23H19N3O4. The van der Waals surface area contributed by atoms with Crippen LogP contribution in [0.25, 0.3) is 5.69 Å². The quantitative estimate of drug-likeness (QED) is 0.629. The molecule has 0 fully saturated rings. The molecule has 7 heteroatoms. The lowest BCUT2D eigenvalue weighted by Gasteiger charge is -2.12. The molecule has 3 aromatic rings. The maximum Gasteiger partial charge on any atom is 0.384 e. The maximum atomic E-state index is 12.9. The SMILES string of the molecule is Cc1ccc(-n2nc(C(=O)ON3C(=O)c4ccccc4C3=O)c3c2CCC3)c(C)c1. The Morgan fingerprint density at radius 2 is 1.70 bits per heavy atom. The summed E-state index contributed by atoms with van der Waals surface area (Å²) in [6, 6.07) is 12.4. The molecule has 2 amide bonds. The minimum absolute atomic E-state index is 0.152. The van der Waals surface area contributed by atoms with Crippen LogP contribution in [0.4, 0.5) is 0 Å². The Morgan fingerprint density at radius 1 is 1.00 bits per heavy atom. The normalized spacial score (nSPS) is 14.8. The fourth-order valence-corrected chi connectivity index (χ4v) is 4.22. The van der Waals surface area contributed by atoms with E-state index in [9.17, 15) is 14.4 Å². The zero-order valence-corrected chi connectivity index (χ0v) is 16.6. The van der Waals surface area contributed by atoms with Crippen molar-refractivity contribution in [3.05, 3.63) is 81.7 Å². The number of rotatable bonds is 3. The van der Waals surface area contributed by atoms with E-state index >= 15 is 0 Å². The van der Waals surface area contributed by atoms with Crippen LogP contribution in [0.15, 0.2) is 42.5 Å². The molecule has 0 radical (unpaired) electrons. The Bertz CT molecular complexity index is 1210. The first-order chi connectivity index (χ1) is 14.5. The number of fused-ring (bicyclic) bond motifs is 2. The van der Waals surface area contributed by atoms with E-state index in [1.807, 2.05) is 26.0 Å². The van der Waals surface area contributed by atoms with Crippen LogP contribution in [0.2, 0.25) is 0 Å². The van der Waals surface area contributed by atoms with Crippen molar-refractivity contribution >= 4 is 17.8 Å². The van der Waals surface area contributed by atoms with Crippen molar-refractivity contribution in [2.45, 2.75) is 33.1 Å². The molecule has 0 atom stereocenters. The summed E-state index contributed by atoms with van der Waals surface area (Å²) in [4.78, 5) is 43.2. The van der Waals surface area contributed by atoms with E-state index < -0.39 is 17.8 Å². The summed E-state index contributed by atoms with van der Waals surface area (Å²) >= 11 is 0. The highest BCUT2D eigenvalue weighted by Crippen LogP contribution is 2.30. The van der Waals surface area contributed by atoms with Gasteiger partial charge in [0, 0.05) is 11.3 Å². The van der Waals surface area contributed by atoms with Gasteiger partial charge in [-0.3, -0.25) is 9.59 Å². The number of carbonyl (C=O) groups excluding carboxylic acids is 3. The highest BCUT2D eigenvalue weighted by atomic mass is 16.7. The molecule has 2 aromatic carbocycles. The molecule has 2 heterocycles. The van der Waals surface area contributed by atoms with Gasteiger partial charge in [0.2, 0.25) is 0 Å². The van der Waals surface area contributed by atoms with Gasteiger partial charge >= 0.3 is 5.97 Å². The van der Waals surface area contributed by atoms with Crippen LogP contribution < -0.4 is 0 Å². The first-order valence-corrected chi connectivity index (χ1v) is 9.84. The fourth-order valence-electron chi connectivity index (χ4n) is 4.22. The molecular weight excluding hydrogens is 382 g/mol. The number of aromatic nitrogens is 2. The van der Waals surface area contributed by atoms with E-state index in [0.29, 0.717) is 11.5 Å². The van der Waals surface area contributed by atoms with Gasteiger partial charge in [-0.25, -0.2) is 9.48 Å². The van der Waals surface area contributed by atoms with Crippen molar-refractivity contribution in [2.24, 2.45) is 0 Å². The van der Waals surface area contributed by atoms with Crippen LogP contribution in [0.5, 0.6) is 0 Å². The number of hydrogen-bond donors (Lipinski definition) is 0. The van der Waals surface area contributed by atoms with Crippen LogP contribution in [0, 0.1) is 13.8 Å². The molecule has 0 saturated heterocycles. The van der Waals surface area contributed by atoms with Crippen LogP contribution in [0.1, 0.15) is 60.0 Å². The number of benzene rings is 2. The number of aryl methyl sites for hydroxylation is 2. The second-order valence-corrected chi connectivity index (χ2v) is 7.66. The number of amides is 2. The minimum Gasteiger partial charge on any atom is -0.322 e. The minimum atomic E-state index is -0.800. The summed E-state index contributed by atoms with van der Waals surface area (Å²) in [5.74, 6) is -2.09. The van der Waals surface area contributed by atoms with Crippen LogP contribution in [-0.4, -0.2) is 32.6 Å². The van der Waals surface area contributed by atoms with Gasteiger partial charge in [0.1, 0.15) is 0 Å². The number of hydrogen-bond acceptors (Lipinski definition) is 5.